The summed E-state index contributed by atoms with van der Waals surface area (Å²) in [5, 5.41) is 13.0. The SMILES string of the molecule is CN(CC(=O)O)C1CCCN(Cc2noc(-c3ccccc3)n2)CC1.Cl. The van der Waals surface area contributed by atoms with Crippen molar-refractivity contribution in [3.63, 3.8) is 0 Å². The highest BCUT2D eigenvalue weighted by Crippen LogP contribution is 2.19. The Morgan fingerprint density at radius 2 is 2.08 bits per heavy atom. The zero-order valence-corrected chi connectivity index (χ0v) is 15.7. The molecule has 1 aliphatic rings. The number of carboxylic acid groups (broad SMARTS) is 1. The molecule has 0 bridgehead atoms. The summed E-state index contributed by atoms with van der Waals surface area (Å²) in [5.74, 6) is 0.463. The maximum atomic E-state index is 10.9. The Labute approximate surface area is 159 Å². The highest BCUT2D eigenvalue weighted by Gasteiger charge is 2.22. The van der Waals surface area contributed by atoms with E-state index in [4.69, 9.17) is 9.63 Å². The van der Waals surface area contributed by atoms with Crippen molar-refractivity contribution in [1.29, 1.82) is 0 Å². The largest absolute Gasteiger partial charge is 0.480 e. The van der Waals surface area contributed by atoms with Crippen LogP contribution in [-0.2, 0) is 11.3 Å². The first-order chi connectivity index (χ1) is 12.1. The van der Waals surface area contributed by atoms with Crippen molar-refractivity contribution in [2.24, 2.45) is 0 Å². The Hall–Kier alpha value is -1.96. The minimum Gasteiger partial charge on any atom is -0.480 e. The van der Waals surface area contributed by atoms with Crippen LogP contribution in [0.25, 0.3) is 11.5 Å². The number of nitrogens with zero attached hydrogens (tertiary/aromatic N) is 4. The smallest absolute Gasteiger partial charge is 0.317 e. The number of hydrogen-bond donors (Lipinski definition) is 1. The van der Waals surface area contributed by atoms with Crippen molar-refractivity contribution in [3.8, 4) is 11.5 Å². The maximum absolute atomic E-state index is 10.9. The van der Waals surface area contributed by atoms with Crippen LogP contribution in [0.2, 0.25) is 0 Å². The Morgan fingerprint density at radius 3 is 2.81 bits per heavy atom. The number of halogens is 1. The summed E-state index contributed by atoms with van der Waals surface area (Å²) < 4.78 is 5.37. The average Bonchev–Trinajstić information content (AvgIpc) is 2.93. The van der Waals surface area contributed by atoms with Crippen LogP contribution < -0.4 is 0 Å². The molecule has 1 aromatic heterocycles. The number of carboxylic acids is 1. The van der Waals surface area contributed by atoms with Gasteiger partial charge >= 0.3 is 5.97 Å². The van der Waals surface area contributed by atoms with Crippen LogP contribution >= 0.6 is 12.4 Å². The predicted molar refractivity (Wildman–Crippen MR) is 100 cm³/mol. The molecule has 1 aliphatic heterocycles. The highest BCUT2D eigenvalue weighted by molar-refractivity contribution is 5.85. The molecule has 7 nitrogen and oxygen atoms in total. The molecule has 142 valence electrons. The van der Waals surface area contributed by atoms with Gasteiger partial charge in [-0.25, -0.2) is 0 Å². The molecule has 0 saturated carbocycles. The highest BCUT2D eigenvalue weighted by atomic mass is 35.5. The van der Waals surface area contributed by atoms with E-state index in [9.17, 15) is 4.79 Å². The summed E-state index contributed by atoms with van der Waals surface area (Å²) in [6, 6.07) is 10.1. The third kappa shape index (κ3) is 5.52. The number of carbonyl (C=O) groups is 1. The zero-order chi connectivity index (χ0) is 17.6. The molecule has 1 unspecified atom stereocenters. The first-order valence-corrected chi connectivity index (χ1v) is 8.64. The molecular weight excluding hydrogens is 356 g/mol. The molecule has 1 aromatic carbocycles. The summed E-state index contributed by atoms with van der Waals surface area (Å²) in [7, 11) is 1.89. The Balaban J connectivity index is 0.00000243. The first-order valence-electron chi connectivity index (χ1n) is 8.64. The van der Waals surface area contributed by atoms with Gasteiger partial charge < -0.3 is 9.63 Å². The van der Waals surface area contributed by atoms with E-state index in [2.05, 4.69) is 15.0 Å². The lowest BCUT2D eigenvalue weighted by atomic mass is 10.1. The quantitative estimate of drug-likeness (QED) is 0.824. The molecule has 1 atom stereocenters. The molecule has 1 saturated heterocycles. The Kier molecular flexibility index (Phi) is 7.56. The molecule has 0 spiro atoms. The van der Waals surface area contributed by atoms with Gasteiger partial charge in [0, 0.05) is 18.2 Å². The molecule has 1 fully saturated rings. The third-order valence-electron chi connectivity index (χ3n) is 4.65. The van der Waals surface area contributed by atoms with E-state index in [1.165, 1.54) is 0 Å². The van der Waals surface area contributed by atoms with Crippen molar-refractivity contribution < 1.29 is 14.4 Å². The number of rotatable bonds is 6. The number of hydrogen-bond acceptors (Lipinski definition) is 6. The second-order valence-electron chi connectivity index (χ2n) is 6.55. The minimum absolute atomic E-state index is 0. The molecule has 0 aliphatic carbocycles. The van der Waals surface area contributed by atoms with Crippen molar-refractivity contribution in [1.82, 2.24) is 19.9 Å². The molecule has 8 heteroatoms. The van der Waals surface area contributed by atoms with E-state index in [0.717, 1.165) is 37.9 Å². The lowest BCUT2D eigenvalue weighted by Crippen LogP contribution is -2.36. The maximum Gasteiger partial charge on any atom is 0.317 e. The lowest BCUT2D eigenvalue weighted by molar-refractivity contribution is -0.138. The zero-order valence-electron chi connectivity index (χ0n) is 14.9. The monoisotopic (exact) mass is 380 g/mol. The van der Waals surface area contributed by atoms with E-state index >= 15 is 0 Å². The summed E-state index contributed by atoms with van der Waals surface area (Å²) in [6.45, 7) is 2.62. The predicted octanol–water partition coefficient (Wildman–Crippen LogP) is 2.53. The lowest BCUT2D eigenvalue weighted by Gasteiger charge is -2.25. The van der Waals surface area contributed by atoms with Crippen LogP contribution in [0, 0.1) is 0 Å². The van der Waals surface area contributed by atoms with Crippen molar-refractivity contribution in [2.75, 3.05) is 26.7 Å². The Bertz CT molecular complexity index is 695. The van der Waals surface area contributed by atoms with Crippen LogP contribution in [0.1, 0.15) is 25.1 Å². The van der Waals surface area contributed by atoms with Gasteiger partial charge in [-0.15, -0.1) is 12.4 Å². The molecular formula is C18H25ClN4O3. The second-order valence-corrected chi connectivity index (χ2v) is 6.55. The Morgan fingerprint density at radius 1 is 1.31 bits per heavy atom. The van der Waals surface area contributed by atoms with Gasteiger partial charge in [0.1, 0.15) is 0 Å². The molecule has 0 amide bonds. The van der Waals surface area contributed by atoms with Gasteiger partial charge in [0.2, 0.25) is 0 Å². The minimum atomic E-state index is -0.774. The average molecular weight is 381 g/mol. The fraction of sp³-hybridized carbons (Fsp3) is 0.500. The number of aliphatic carboxylic acids is 1. The van der Waals surface area contributed by atoms with E-state index < -0.39 is 5.97 Å². The molecule has 3 rings (SSSR count). The standard InChI is InChI=1S/C18H24N4O3.ClH/c1-21(13-17(23)24)15-8-5-10-22(11-9-15)12-16-19-18(25-20-16)14-6-3-2-4-7-14;/h2-4,6-7,15H,5,8-13H2,1H3,(H,23,24);1H. The number of benzene rings is 1. The van der Waals surface area contributed by atoms with Gasteiger partial charge in [-0.05, 0) is 45.0 Å². The van der Waals surface area contributed by atoms with Gasteiger partial charge in [0.15, 0.2) is 5.82 Å². The van der Waals surface area contributed by atoms with Crippen LogP contribution in [-0.4, -0.2) is 63.7 Å². The number of likely N-dealkylation sites (N-methyl/N-ethyl adjacent to an activating group) is 1. The summed E-state index contributed by atoms with van der Waals surface area (Å²) >= 11 is 0. The van der Waals surface area contributed by atoms with Crippen molar-refractivity contribution >= 4 is 18.4 Å². The molecule has 2 aromatic rings. The fourth-order valence-corrected chi connectivity index (χ4v) is 3.30. The summed E-state index contributed by atoms with van der Waals surface area (Å²) in [5.41, 5.74) is 0.924. The van der Waals surface area contributed by atoms with Gasteiger partial charge in [-0.2, -0.15) is 4.98 Å². The van der Waals surface area contributed by atoms with Crippen molar-refractivity contribution in [3.05, 3.63) is 36.2 Å². The molecule has 2 heterocycles. The third-order valence-corrected chi connectivity index (χ3v) is 4.65. The van der Waals surface area contributed by atoms with Crippen LogP contribution in [0.3, 0.4) is 0 Å². The first kappa shape index (κ1) is 20.4. The normalized spacial score (nSPS) is 18.3. The van der Waals surface area contributed by atoms with Crippen LogP contribution in [0.15, 0.2) is 34.9 Å². The number of aromatic nitrogens is 2. The van der Waals surface area contributed by atoms with Gasteiger partial charge in [-0.3, -0.25) is 14.6 Å². The molecule has 1 N–H and O–H groups in total. The fourth-order valence-electron chi connectivity index (χ4n) is 3.30. The molecule has 0 radical (unpaired) electrons. The van der Waals surface area contributed by atoms with E-state index in [-0.39, 0.29) is 19.0 Å². The van der Waals surface area contributed by atoms with Gasteiger partial charge in [0.05, 0.1) is 13.1 Å². The van der Waals surface area contributed by atoms with E-state index in [0.29, 0.717) is 24.3 Å². The van der Waals surface area contributed by atoms with E-state index in [1.807, 2.05) is 42.3 Å². The summed E-state index contributed by atoms with van der Waals surface area (Å²) in [6.07, 6.45) is 3.01. The topological polar surface area (TPSA) is 82.7 Å². The van der Waals surface area contributed by atoms with Crippen molar-refractivity contribution in [2.45, 2.75) is 31.8 Å². The van der Waals surface area contributed by atoms with Crippen LogP contribution in [0.4, 0.5) is 0 Å². The van der Waals surface area contributed by atoms with Gasteiger partial charge in [-0.1, -0.05) is 23.4 Å². The van der Waals surface area contributed by atoms with Crippen LogP contribution in [0.5, 0.6) is 0 Å². The summed E-state index contributed by atoms with van der Waals surface area (Å²) in [4.78, 5) is 19.6. The molecule has 26 heavy (non-hydrogen) atoms. The van der Waals surface area contributed by atoms with Gasteiger partial charge in [0.25, 0.3) is 5.89 Å². The number of likely N-dealkylation sites (tertiary alicyclic amines) is 1. The van der Waals surface area contributed by atoms with E-state index in [1.54, 1.807) is 0 Å². The second kappa shape index (κ2) is 9.66.